The number of rotatable bonds is 11. The number of aromatic nitrogens is 3. The van der Waals surface area contributed by atoms with Crippen molar-refractivity contribution < 1.29 is 9.32 Å². The molecule has 3 heterocycles. The summed E-state index contributed by atoms with van der Waals surface area (Å²) in [5.41, 5.74) is 9.06. The minimum absolute atomic E-state index is 0.0231. The van der Waals surface area contributed by atoms with Gasteiger partial charge in [-0.15, -0.1) is 0 Å². The van der Waals surface area contributed by atoms with Crippen molar-refractivity contribution in [3.05, 3.63) is 71.7 Å². The molecule has 0 radical (unpaired) electrons. The molecule has 0 unspecified atom stereocenters. The van der Waals surface area contributed by atoms with Crippen LogP contribution in [-0.4, -0.2) is 84.3 Å². The predicted molar refractivity (Wildman–Crippen MR) is 156 cm³/mol. The van der Waals surface area contributed by atoms with E-state index in [2.05, 4.69) is 105 Å². The van der Waals surface area contributed by atoms with Crippen molar-refractivity contribution in [1.29, 1.82) is 0 Å². The first-order valence-electron chi connectivity index (χ1n) is 14.0. The van der Waals surface area contributed by atoms with Gasteiger partial charge in [0, 0.05) is 63.0 Å². The zero-order chi connectivity index (χ0) is 28.1. The Balaban J connectivity index is 1.17. The number of anilines is 1. The molecule has 1 saturated heterocycles. The molecule has 2 fully saturated rings. The molecule has 10 nitrogen and oxygen atoms in total. The first kappa shape index (κ1) is 27.9. The number of piperazine rings is 1. The number of carbonyl (C=O) groups excluding carboxylic acids is 1. The van der Waals surface area contributed by atoms with E-state index in [4.69, 9.17) is 4.52 Å². The van der Waals surface area contributed by atoms with Crippen molar-refractivity contribution in [2.75, 3.05) is 58.3 Å². The third-order valence-corrected chi connectivity index (χ3v) is 7.74. The first-order valence-corrected chi connectivity index (χ1v) is 14.0. The van der Waals surface area contributed by atoms with E-state index in [9.17, 15) is 4.79 Å². The molecule has 2 N–H and O–H groups in total. The van der Waals surface area contributed by atoms with Crippen LogP contribution >= 0.6 is 0 Å². The molecule has 0 spiro atoms. The number of pyridine rings is 1. The fourth-order valence-corrected chi connectivity index (χ4v) is 4.82. The van der Waals surface area contributed by atoms with Crippen molar-refractivity contribution >= 4 is 11.6 Å². The lowest BCUT2D eigenvalue weighted by Crippen LogP contribution is -2.52. The number of carbonyl (C=O) groups is 1. The number of hydrogen-bond donors (Lipinski definition) is 2. The van der Waals surface area contributed by atoms with Crippen molar-refractivity contribution in [2.45, 2.75) is 38.6 Å². The molecule has 1 aromatic carbocycles. The summed E-state index contributed by atoms with van der Waals surface area (Å²) in [7, 11) is 4.14. The third kappa shape index (κ3) is 6.75. The van der Waals surface area contributed by atoms with E-state index in [0.717, 1.165) is 80.1 Å². The monoisotopic (exact) mass is 544 g/mol. The average molecular weight is 545 g/mol. The number of hydrogen-bond acceptors (Lipinski definition) is 9. The number of amides is 1. The minimum atomic E-state index is -0.346. The van der Waals surface area contributed by atoms with Crippen LogP contribution in [-0.2, 0) is 12.0 Å². The molecule has 0 bridgehead atoms. The predicted octanol–water partition coefficient (Wildman–Crippen LogP) is 3.17. The molecule has 1 amide bonds. The zero-order valence-corrected chi connectivity index (χ0v) is 24.0. The molecular formula is C30H40N8O2. The second kappa shape index (κ2) is 12.3. The summed E-state index contributed by atoms with van der Waals surface area (Å²) in [5.74, 6) is 0.299. The maximum atomic E-state index is 12.6. The first-order chi connectivity index (χ1) is 19.3. The summed E-state index contributed by atoms with van der Waals surface area (Å²) in [5, 5.41) is 9.21. The van der Waals surface area contributed by atoms with E-state index in [-0.39, 0.29) is 17.2 Å². The Hall–Kier alpha value is -3.60. The third-order valence-electron chi connectivity index (χ3n) is 7.74. The largest absolute Gasteiger partial charge is 0.367 e. The molecule has 40 heavy (non-hydrogen) atoms. The van der Waals surface area contributed by atoms with Gasteiger partial charge < -0.3 is 19.6 Å². The second-order valence-corrected chi connectivity index (χ2v) is 11.3. The van der Waals surface area contributed by atoms with Crippen LogP contribution in [0.5, 0.6) is 0 Å². The fourth-order valence-electron chi connectivity index (χ4n) is 4.82. The topological polar surface area (TPSA) is 103 Å². The fraction of sp³-hybridized carbons (Fsp3) is 0.467. The van der Waals surface area contributed by atoms with Crippen LogP contribution in [0.4, 0.5) is 5.69 Å². The van der Waals surface area contributed by atoms with Gasteiger partial charge in [0.2, 0.25) is 0 Å². The van der Waals surface area contributed by atoms with Gasteiger partial charge in [-0.05, 0) is 56.6 Å². The van der Waals surface area contributed by atoms with Crippen LogP contribution < -0.4 is 15.6 Å². The number of nitrogens with zero attached hydrogens (tertiary/aromatic N) is 6. The van der Waals surface area contributed by atoms with Crippen molar-refractivity contribution in [2.24, 2.45) is 0 Å². The Morgan fingerprint density at radius 1 is 1.15 bits per heavy atom. The summed E-state index contributed by atoms with van der Waals surface area (Å²) in [6.45, 7) is 10.1. The van der Waals surface area contributed by atoms with Crippen molar-refractivity contribution in [1.82, 2.24) is 35.8 Å². The number of aryl methyl sites for hydroxylation is 1. The molecular weight excluding hydrogens is 504 g/mol. The van der Waals surface area contributed by atoms with Crippen LogP contribution in [0.15, 0.2) is 53.3 Å². The lowest BCUT2D eigenvalue weighted by molar-refractivity contribution is 0.0907. The highest BCUT2D eigenvalue weighted by molar-refractivity contribution is 5.89. The van der Waals surface area contributed by atoms with E-state index in [1.807, 2.05) is 12.4 Å². The van der Waals surface area contributed by atoms with Crippen molar-refractivity contribution in [3.63, 3.8) is 0 Å². The molecule has 212 valence electrons. The summed E-state index contributed by atoms with van der Waals surface area (Å²) in [6, 6.07) is 8.45. The smallest absolute Gasteiger partial charge is 0.315 e. The Bertz CT molecular complexity index is 1340. The molecule has 2 aliphatic rings. The quantitative estimate of drug-likeness (QED) is 0.353. The van der Waals surface area contributed by atoms with E-state index in [1.54, 1.807) is 0 Å². The normalized spacial score (nSPS) is 17.1. The molecule has 1 aliphatic carbocycles. The van der Waals surface area contributed by atoms with E-state index < -0.39 is 0 Å². The molecule has 3 aromatic rings. The highest BCUT2D eigenvalue weighted by atomic mass is 16.5. The Morgan fingerprint density at radius 2 is 1.95 bits per heavy atom. The summed E-state index contributed by atoms with van der Waals surface area (Å²) >= 11 is 0. The van der Waals surface area contributed by atoms with E-state index in [1.165, 1.54) is 0 Å². The van der Waals surface area contributed by atoms with Crippen LogP contribution in [0, 0.1) is 6.92 Å². The van der Waals surface area contributed by atoms with Gasteiger partial charge in [0.25, 0.3) is 0 Å². The molecule has 1 saturated carbocycles. The number of hydrazine groups is 1. The van der Waals surface area contributed by atoms with Crippen LogP contribution in [0.2, 0.25) is 0 Å². The van der Waals surface area contributed by atoms with Crippen LogP contribution in [0.3, 0.4) is 0 Å². The molecule has 0 atom stereocenters. The van der Waals surface area contributed by atoms with Gasteiger partial charge in [0.05, 0.1) is 11.9 Å². The zero-order valence-electron chi connectivity index (χ0n) is 24.0. The highest BCUT2D eigenvalue weighted by Crippen LogP contribution is 2.45. The summed E-state index contributed by atoms with van der Waals surface area (Å²) < 4.78 is 5.21. The van der Waals surface area contributed by atoms with Gasteiger partial charge in [-0.25, -0.2) is 5.01 Å². The Labute approximate surface area is 236 Å². The van der Waals surface area contributed by atoms with Gasteiger partial charge in [0.1, 0.15) is 0 Å². The van der Waals surface area contributed by atoms with Crippen LogP contribution in [0.1, 0.15) is 47.4 Å². The highest BCUT2D eigenvalue weighted by Gasteiger charge is 2.44. The molecule has 1 aliphatic heterocycles. The minimum Gasteiger partial charge on any atom is -0.367 e. The number of nitrogens with one attached hydrogen (secondary N) is 2. The average Bonchev–Trinajstić information content (AvgIpc) is 3.50. The maximum Gasteiger partial charge on any atom is 0.315 e. The van der Waals surface area contributed by atoms with Gasteiger partial charge >= 0.3 is 11.8 Å². The standard InChI is InChI=1S/C30H40N8O2/c1-22-19-23(7-8-24(22)20-32-27(39)28-34-29(35-40-28)30(2)10-11-30)25-9-13-31-21-26(25)37-15-17-38(18-16-37)33-12-5-6-14-36(3)4/h5-9,13,19,21,33H,10-12,14-18,20H2,1-4H3,(H,32,39)/b6-5+. The SMILES string of the molecule is Cc1cc(-c2ccncc2N2CCN(NC/C=C/CN(C)C)CC2)ccc1CNC(=O)c1nc(C2(C)CC2)no1. The Morgan fingerprint density at radius 3 is 2.67 bits per heavy atom. The van der Waals surface area contributed by atoms with E-state index in [0.29, 0.717) is 12.4 Å². The summed E-state index contributed by atoms with van der Waals surface area (Å²) in [6.07, 6.45) is 10.2. The summed E-state index contributed by atoms with van der Waals surface area (Å²) in [4.78, 5) is 25.9. The number of likely N-dealkylation sites (N-methyl/N-ethyl adjacent to an activating group) is 1. The number of benzene rings is 1. The van der Waals surface area contributed by atoms with Gasteiger partial charge in [-0.2, -0.15) is 4.98 Å². The van der Waals surface area contributed by atoms with Gasteiger partial charge in [0.15, 0.2) is 5.82 Å². The van der Waals surface area contributed by atoms with Gasteiger partial charge in [-0.1, -0.05) is 42.4 Å². The van der Waals surface area contributed by atoms with Gasteiger partial charge in [-0.3, -0.25) is 15.2 Å². The van der Waals surface area contributed by atoms with E-state index >= 15 is 0 Å². The lowest BCUT2D eigenvalue weighted by atomic mass is 9.99. The van der Waals surface area contributed by atoms with Crippen molar-refractivity contribution in [3.8, 4) is 11.1 Å². The molecule has 5 rings (SSSR count). The molecule has 10 heteroatoms. The maximum absolute atomic E-state index is 12.6. The lowest BCUT2D eigenvalue weighted by Gasteiger charge is -2.36. The second-order valence-electron chi connectivity index (χ2n) is 11.3. The molecule has 2 aromatic heterocycles. The Kier molecular flexibility index (Phi) is 8.58. The van der Waals surface area contributed by atoms with Crippen LogP contribution in [0.25, 0.3) is 11.1 Å².